The molecule has 1 fully saturated rings. The summed E-state index contributed by atoms with van der Waals surface area (Å²) in [5.41, 5.74) is -0.747. The molecule has 5 N–H and O–H groups in total. The normalized spacial score (nSPS) is 16.1. The summed E-state index contributed by atoms with van der Waals surface area (Å²) in [6.45, 7) is 0.500. The van der Waals surface area contributed by atoms with Crippen LogP contribution in [0.2, 0.25) is 0 Å². The number of fused-ring (bicyclic) bond motifs is 1. The SMILES string of the molecule is O=c1c(O)c(-c2ccc(O)c(O)c2)oc2cc(O)c(CC3CO3)c(O)c12. The molecule has 1 aliphatic rings. The molecule has 4 rings (SSSR count). The first-order valence-corrected chi connectivity index (χ1v) is 7.74. The number of hydrogen-bond donors (Lipinski definition) is 5. The Morgan fingerprint density at radius 1 is 0.962 bits per heavy atom. The van der Waals surface area contributed by atoms with Crippen LogP contribution in [0.25, 0.3) is 22.3 Å². The molecular weight excluding hydrogens is 344 g/mol. The van der Waals surface area contributed by atoms with Crippen molar-refractivity contribution in [2.24, 2.45) is 0 Å². The first-order chi connectivity index (χ1) is 12.4. The van der Waals surface area contributed by atoms with Gasteiger partial charge < -0.3 is 34.7 Å². The van der Waals surface area contributed by atoms with Crippen molar-refractivity contribution in [3.8, 4) is 40.1 Å². The largest absolute Gasteiger partial charge is 0.507 e. The Hall–Kier alpha value is -3.39. The van der Waals surface area contributed by atoms with E-state index in [4.69, 9.17) is 9.15 Å². The van der Waals surface area contributed by atoms with Gasteiger partial charge in [-0.2, -0.15) is 0 Å². The maximum atomic E-state index is 12.6. The molecular formula is C18H14O8. The summed E-state index contributed by atoms with van der Waals surface area (Å²) < 4.78 is 10.6. The van der Waals surface area contributed by atoms with Crippen molar-refractivity contribution in [2.75, 3.05) is 6.61 Å². The third-order valence-corrected chi connectivity index (χ3v) is 4.29. The topological polar surface area (TPSA) is 144 Å². The van der Waals surface area contributed by atoms with E-state index >= 15 is 0 Å². The molecule has 26 heavy (non-hydrogen) atoms. The molecule has 0 amide bonds. The number of ether oxygens (including phenoxy) is 1. The Bertz CT molecular complexity index is 1090. The predicted octanol–water partition coefficient (Wildman–Crippen LogP) is 1.93. The van der Waals surface area contributed by atoms with Gasteiger partial charge in [0.1, 0.15) is 22.5 Å². The summed E-state index contributed by atoms with van der Waals surface area (Å²) in [5.74, 6) is -2.61. The third kappa shape index (κ3) is 2.47. The Morgan fingerprint density at radius 2 is 1.69 bits per heavy atom. The van der Waals surface area contributed by atoms with Gasteiger partial charge in [-0.25, -0.2) is 0 Å². The number of rotatable bonds is 3. The Labute approximate surface area is 145 Å². The first-order valence-electron chi connectivity index (χ1n) is 7.74. The molecule has 134 valence electrons. The van der Waals surface area contributed by atoms with Crippen molar-refractivity contribution in [1.29, 1.82) is 0 Å². The monoisotopic (exact) mass is 358 g/mol. The number of aromatic hydroxyl groups is 5. The van der Waals surface area contributed by atoms with Crippen molar-refractivity contribution < 1.29 is 34.7 Å². The second-order valence-corrected chi connectivity index (χ2v) is 6.07. The molecule has 1 unspecified atom stereocenters. The molecule has 2 heterocycles. The van der Waals surface area contributed by atoms with Gasteiger partial charge in [-0.1, -0.05) is 0 Å². The highest BCUT2D eigenvalue weighted by Crippen LogP contribution is 2.40. The molecule has 1 aromatic heterocycles. The van der Waals surface area contributed by atoms with Crippen LogP contribution >= 0.6 is 0 Å². The van der Waals surface area contributed by atoms with Gasteiger partial charge in [0.25, 0.3) is 0 Å². The second kappa shape index (κ2) is 5.57. The Balaban J connectivity index is 1.96. The summed E-state index contributed by atoms with van der Waals surface area (Å²) in [6.07, 6.45) is 0.0885. The number of phenols is 4. The quantitative estimate of drug-likeness (QED) is 0.353. The van der Waals surface area contributed by atoms with Crippen molar-refractivity contribution in [3.63, 3.8) is 0 Å². The zero-order valence-corrected chi connectivity index (χ0v) is 13.3. The van der Waals surface area contributed by atoms with Crippen LogP contribution in [0.4, 0.5) is 0 Å². The number of hydrogen-bond acceptors (Lipinski definition) is 8. The molecule has 0 radical (unpaired) electrons. The van der Waals surface area contributed by atoms with E-state index in [0.29, 0.717) is 6.61 Å². The average Bonchev–Trinajstić information content (AvgIpc) is 3.41. The van der Waals surface area contributed by atoms with Crippen molar-refractivity contribution in [2.45, 2.75) is 12.5 Å². The Morgan fingerprint density at radius 3 is 2.35 bits per heavy atom. The van der Waals surface area contributed by atoms with E-state index < -0.39 is 22.7 Å². The molecule has 0 bridgehead atoms. The fraction of sp³-hybridized carbons (Fsp3) is 0.167. The van der Waals surface area contributed by atoms with Crippen LogP contribution in [0, 0.1) is 0 Å². The third-order valence-electron chi connectivity index (χ3n) is 4.29. The van der Waals surface area contributed by atoms with Gasteiger partial charge in [-0.15, -0.1) is 0 Å². The van der Waals surface area contributed by atoms with Gasteiger partial charge in [0.15, 0.2) is 17.3 Å². The highest BCUT2D eigenvalue weighted by molar-refractivity contribution is 5.90. The zero-order chi connectivity index (χ0) is 18.6. The zero-order valence-electron chi connectivity index (χ0n) is 13.3. The fourth-order valence-corrected chi connectivity index (χ4v) is 2.83. The number of phenolic OH excluding ortho intramolecular Hbond substituents is 4. The Kier molecular flexibility index (Phi) is 3.45. The van der Waals surface area contributed by atoms with Crippen molar-refractivity contribution in [3.05, 3.63) is 40.1 Å². The van der Waals surface area contributed by atoms with Crippen LogP contribution in [0.1, 0.15) is 5.56 Å². The molecule has 1 atom stereocenters. The van der Waals surface area contributed by atoms with Crippen LogP contribution < -0.4 is 5.43 Å². The van der Waals surface area contributed by atoms with Crippen LogP contribution in [-0.4, -0.2) is 38.2 Å². The van der Waals surface area contributed by atoms with Crippen molar-refractivity contribution in [1.82, 2.24) is 0 Å². The second-order valence-electron chi connectivity index (χ2n) is 6.07. The maximum Gasteiger partial charge on any atom is 0.238 e. The van der Waals surface area contributed by atoms with Gasteiger partial charge in [-0.05, 0) is 18.2 Å². The number of benzene rings is 2. The van der Waals surface area contributed by atoms with Gasteiger partial charge in [0, 0.05) is 23.6 Å². The molecule has 2 aromatic carbocycles. The molecule has 8 heteroatoms. The van der Waals surface area contributed by atoms with Crippen molar-refractivity contribution >= 4 is 11.0 Å². The summed E-state index contributed by atoms with van der Waals surface area (Å²) in [7, 11) is 0. The van der Waals surface area contributed by atoms with E-state index in [1.807, 2.05) is 0 Å². The van der Waals surface area contributed by atoms with Crippen LogP contribution in [0.5, 0.6) is 28.7 Å². The molecule has 1 aliphatic heterocycles. The average molecular weight is 358 g/mol. The molecule has 8 nitrogen and oxygen atoms in total. The fourth-order valence-electron chi connectivity index (χ4n) is 2.83. The molecule has 0 saturated carbocycles. The summed E-state index contributed by atoms with van der Waals surface area (Å²) >= 11 is 0. The lowest BCUT2D eigenvalue weighted by atomic mass is 10.0. The van der Waals surface area contributed by atoms with Gasteiger partial charge in [0.2, 0.25) is 11.2 Å². The van der Waals surface area contributed by atoms with Gasteiger partial charge >= 0.3 is 0 Å². The summed E-state index contributed by atoms with van der Waals surface area (Å²) in [6, 6.07) is 4.79. The number of epoxide rings is 1. The lowest BCUT2D eigenvalue weighted by molar-refractivity contribution is 0.393. The van der Waals surface area contributed by atoms with Crippen LogP contribution in [0.3, 0.4) is 0 Å². The standard InChI is InChI=1S/C18H14O8/c19-10-2-1-7(3-12(10)21)18-17(24)16(23)14-13(26-18)5-11(20)9(15(14)22)4-8-6-25-8/h1-3,5,8,19-22,24H,4,6H2. The minimum absolute atomic E-state index is 0.131. The van der Waals surface area contributed by atoms with E-state index in [1.165, 1.54) is 18.2 Å². The first kappa shape index (κ1) is 16.1. The summed E-state index contributed by atoms with van der Waals surface area (Å²) in [4.78, 5) is 12.6. The maximum absolute atomic E-state index is 12.6. The lowest BCUT2D eigenvalue weighted by Crippen LogP contribution is -2.05. The highest BCUT2D eigenvalue weighted by atomic mass is 16.6. The minimum Gasteiger partial charge on any atom is -0.507 e. The van der Waals surface area contributed by atoms with Gasteiger partial charge in [0.05, 0.1) is 12.7 Å². The smallest absolute Gasteiger partial charge is 0.238 e. The van der Waals surface area contributed by atoms with E-state index in [9.17, 15) is 30.3 Å². The molecule has 0 spiro atoms. The van der Waals surface area contributed by atoms with E-state index in [-0.39, 0.29) is 51.9 Å². The minimum atomic E-state index is -0.885. The van der Waals surface area contributed by atoms with Gasteiger partial charge in [-0.3, -0.25) is 4.79 Å². The lowest BCUT2D eigenvalue weighted by Gasteiger charge is -2.11. The molecule has 1 saturated heterocycles. The molecule has 3 aromatic rings. The van der Waals surface area contributed by atoms with E-state index in [2.05, 4.69) is 0 Å². The van der Waals surface area contributed by atoms with Crippen LogP contribution in [0.15, 0.2) is 33.5 Å². The molecule has 0 aliphatic carbocycles. The predicted molar refractivity (Wildman–Crippen MR) is 89.7 cm³/mol. The van der Waals surface area contributed by atoms with Crippen LogP contribution in [-0.2, 0) is 11.2 Å². The highest BCUT2D eigenvalue weighted by Gasteiger charge is 2.28. The van der Waals surface area contributed by atoms with E-state index in [1.54, 1.807) is 0 Å². The summed E-state index contributed by atoms with van der Waals surface area (Å²) in [5, 5.41) is 49.5. The van der Waals surface area contributed by atoms with E-state index in [0.717, 1.165) is 6.07 Å².